The molecule has 22 heavy (non-hydrogen) atoms. The number of Topliss-reactive ketones (excluding diaryl/α,β-unsaturated/α-hetero) is 1. The molecule has 1 aliphatic heterocycles. The van der Waals surface area contributed by atoms with Gasteiger partial charge in [0.1, 0.15) is 5.78 Å². The second kappa shape index (κ2) is 6.27. The van der Waals surface area contributed by atoms with Crippen LogP contribution in [0, 0.1) is 5.92 Å². The van der Waals surface area contributed by atoms with Crippen LogP contribution in [0.5, 0.6) is 0 Å². The first-order chi connectivity index (χ1) is 10.4. The Hall–Kier alpha value is -0.960. The molecule has 1 aromatic carbocycles. The van der Waals surface area contributed by atoms with E-state index in [1.807, 2.05) is 0 Å². The average Bonchev–Trinajstić information content (AvgIpc) is 2.48. The van der Waals surface area contributed by atoms with E-state index >= 15 is 0 Å². The summed E-state index contributed by atoms with van der Waals surface area (Å²) in [4.78, 5) is 17.6. The lowest BCUT2D eigenvalue weighted by Crippen LogP contribution is -2.31. The summed E-state index contributed by atoms with van der Waals surface area (Å²) in [5, 5.41) is 0. The number of benzene rings is 1. The van der Waals surface area contributed by atoms with Gasteiger partial charge in [-0.1, -0.05) is 41.3 Å². The SMILES string of the molecule is CC1(C)Cc2ccc(Br)cc2C(CC(=O)C2CCCCC2)=N1. The average molecular weight is 362 g/mol. The number of nitrogens with zero attached hydrogens (tertiary/aromatic N) is 1. The maximum absolute atomic E-state index is 12.7. The van der Waals surface area contributed by atoms with Crippen molar-refractivity contribution in [3.05, 3.63) is 33.8 Å². The predicted octanol–water partition coefficient (Wildman–Crippen LogP) is 5.11. The molecule has 0 saturated heterocycles. The molecule has 0 atom stereocenters. The van der Waals surface area contributed by atoms with Gasteiger partial charge in [0.2, 0.25) is 0 Å². The lowest BCUT2D eigenvalue weighted by atomic mass is 9.81. The first-order valence-corrected chi connectivity index (χ1v) is 9.14. The second-order valence-electron chi connectivity index (χ2n) is 7.33. The van der Waals surface area contributed by atoms with E-state index in [4.69, 9.17) is 4.99 Å². The topological polar surface area (TPSA) is 29.4 Å². The zero-order valence-electron chi connectivity index (χ0n) is 13.5. The molecule has 118 valence electrons. The molecule has 1 aliphatic carbocycles. The molecule has 0 N–H and O–H groups in total. The number of hydrogen-bond acceptors (Lipinski definition) is 2. The molecule has 1 saturated carbocycles. The van der Waals surface area contributed by atoms with Crippen LogP contribution < -0.4 is 0 Å². The summed E-state index contributed by atoms with van der Waals surface area (Å²) in [5.74, 6) is 0.652. The minimum atomic E-state index is -0.108. The van der Waals surface area contributed by atoms with Gasteiger partial charge in [0.15, 0.2) is 0 Å². The molecule has 2 aliphatic rings. The van der Waals surface area contributed by atoms with Crippen LogP contribution in [-0.2, 0) is 11.2 Å². The van der Waals surface area contributed by atoms with Crippen LogP contribution in [-0.4, -0.2) is 17.0 Å². The molecule has 1 fully saturated rings. The molecule has 1 aromatic rings. The van der Waals surface area contributed by atoms with E-state index in [9.17, 15) is 4.79 Å². The van der Waals surface area contributed by atoms with E-state index in [1.54, 1.807) is 0 Å². The van der Waals surface area contributed by atoms with E-state index in [1.165, 1.54) is 24.8 Å². The smallest absolute Gasteiger partial charge is 0.141 e. The third kappa shape index (κ3) is 3.51. The summed E-state index contributed by atoms with van der Waals surface area (Å²) in [6.07, 6.45) is 7.27. The van der Waals surface area contributed by atoms with Crippen molar-refractivity contribution in [3.63, 3.8) is 0 Å². The summed E-state index contributed by atoms with van der Waals surface area (Å²) in [5.41, 5.74) is 3.36. The van der Waals surface area contributed by atoms with Gasteiger partial charge in [-0.3, -0.25) is 9.79 Å². The lowest BCUT2D eigenvalue weighted by molar-refractivity contribution is -0.122. The second-order valence-corrected chi connectivity index (χ2v) is 8.24. The largest absolute Gasteiger partial charge is 0.299 e. The van der Waals surface area contributed by atoms with Gasteiger partial charge in [-0.25, -0.2) is 0 Å². The summed E-state index contributed by atoms with van der Waals surface area (Å²) in [6.45, 7) is 4.31. The van der Waals surface area contributed by atoms with E-state index in [-0.39, 0.29) is 11.5 Å². The maximum Gasteiger partial charge on any atom is 0.141 e. The van der Waals surface area contributed by atoms with Crippen molar-refractivity contribution in [2.45, 2.75) is 64.3 Å². The molecular formula is C19H24BrNO. The molecule has 0 aromatic heterocycles. The highest BCUT2D eigenvalue weighted by atomic mass is 79.9. The van der Waals surface area contributed by atoms with E-state index in [0.717, 1.165) is 35.0 Å². The van der Waals surface area contributed by atoms with Gasteiger partial charge in [0.25, 0.3) is 0 Å². The zero-order chi connectivity index (χ0) is 15.7. The number of carbonyl (C=O) groups excluding carboxylic acids is 1. The van der Waals surface area contributed by atoms with Crippen LogP contribution in [0.15, 0.2) is 27.7 Å². The summed E-state index contributed by atoms with van der Waals surface area (Å²) >= 11 is 3.55. The minimum Gasteiger partial charge on any atom is -0.299 e. The highest BCUT2D eigenvalue weighted by Gasteiger charge is 2.29. The Morgan fingerprint density at radius 2 is 2.00 bits per heavy atom. The first-order valence-electron chi connectivity index (χ1n) is 8.35. The Balaban J connectivity index is 1.86. The zero-order valence-corrected chi connectivity index (χ0v) is 15.1. The number of halogens is 1. The van der Waals surface area contributed by atoms with Crippen molar-refractivity contribution in [1.29, 1.82) is 0 Å². The van der Waals surface area contributed by atoms with Crippen LogP contribution in [0.2, 0.25) is 0 Å². The summed E-state index contributed by atoms with van der Waals surface area (Å²) in [6, 6.07) is 6.37. The van der Waals surface area contributed by atoms with E-state index in [0.29, 0.717) is 12.2 Å². The molecule has 3 rings (SSSR count). The fourth-order valence-electron chi connectivity index (χ4n) is 3.77. The van der Waals surface area contributed by atoms with E-state index < -0.39 is 0 Å². The summed E-state index contributed by atoms with van der Waals surface area (Å²) < 4.78 is 1.06. The number of aliphatic imine (C=N–C) groups is 1. The van der Waals surface area contributed by atoms with Gasteiger partial charge >= 0.3 is 0 Å². The standard InChI is InChI=1S/C19H24BrNO/c1-19(2)12-14-8-9-15(20)10-16(14)17(21-19)11-18(22)13-6-4-3-5-7-13/h8-10,13H,3-7,11-12H2,1-2H3. The van der Waals surface area contributed by atoms with Gasteiger partial charge in [-0.15, -0.1) is 0 Å². The molecule has 0 radical (unpaired) electrons. The molecule has 0 spiro atoms. The minimum absolute atomic E-state index is 0.108. The third-order valence-electron chi connectivity index (χ3n) is 4.85. The monoisotopic (exact) mass is 361 g/mol. The van der Waals surface area contributed by atoms with Gasteiger partial charge in [0.05, 0.1) is 11.3 Å². The van der Waals surface area contributed by atoms with Crippen molar-refractivity contribution in [2.75, 3.05) is 0 Å². The van der Waals surface area contributed by atoms with Gasteiger partial charge in [-0.05, 0) is 50.8 Å². The van der Waals surface area contributed by atoms with Crippen molar-refractivity contribution in [3.8, 4) is 0 Å². The fraction of sp³-hybridized carbons (Fsp3) is 0.579. The van der Waals surface area contributed by atoms with Crippen molar-refractivity contribution in [2.24, 2.45) is 10.9 Å². The van der Waals surface area contributed by atoms with Gasteiger partial charge in [0, 0.05) is 22.4 Å². The van der Waals surface area contributed by atoms with Crippen LogP contribution in [0.1, 0.15) is 63.5 Å². The van der Waals surface area contributed by atoms with Gasteiger partial charge < -0.3 is 0 Å². The first kappa shape index (κ1) is 15.9. The molecule has 0 unspecified atom stereocenters. The quantitative estimate of drug-likeness (QED) is 0.735. The number of ketones is 1. The van der Waals surface area contributed by atoms with Gasteiger partial charge in [-0.2, -0.15) is 0 Å². The fourth-order valence-corrected chi connectivity index (χ4v) is 4.13. The van der Waals surface area contributed by atoms with Crippen LogP contribution >= 0.6 is 15.9 Å². The molecule has 0 bridgehead atoms. The number of fused-ring (bicyclic) bond motifs is 1. The maximum atomic E-state index is 12.7. The lowest BCUT2D eigenvalue weighted by Gasteiger charge is -2.30. The molecule has 0 amide bonds. The molecule has 2 nitrogen and oxygen atoms in total. The Labute approximate surface area is 141 Å². The van der Waals surface area contributed by atoms with Crippen molar-refractivity contribution in [1.82, 2.24) is 0 Å². The van der Waals surface area contributed by atoms with Crippen LogP contribution in [0.3, 0.4) is 0 Å². The van der Waals surface area contributed by atoms with Crippen molar-refractivity contribution >= 4 is 27.4 Å². The van der Waals surface area contributed by atoms with Crippen molar-refractivity contribution < 1.29 is 4.79 Å². The predicted molar refractivity (Wildman–Crippen MR) is 94.7 cm³/mol. The summed E-state index contributed by atoms with van der Waals surface area (Å²) in [7, 11) is 0. The van der Waals surface area contributed by atoms with Crippen LogP contribution in [0.4, 0.5) is 0 Å². The number of rotatable bonds is 3. The third-order valence-corrected chi connectivity index (χ3v) is 5.34. The Kier molecular flexibility index (Phi) is 4.54. The number of hydrogen-bond donors (Lipinski definition) is 0. The van der Waals surface area contributed by atoms with Crippen LogP contribution in [0.25, 0.3) is 0 Å². The molecule has 3 heteroatoms. The Morgan fingerprint density at radius 3 is 2.73 bits per heavy atom. The normalized spacial score (nSPS) is 21.1. The number of carbonyl (C=O) groups is 1. The molecular weight excluding hydrogens is 338 g/mol. The molecule has 1 heterocycles. The van der Waals surface area contributed by atoms with E-state index in [2.05, 4.69) is 48.0 Å². The highest BCUT2D eigenvalue weighted by Crippen LogP contribution is 2.32. The Bertz CT molecular complexity index is 612. The highest BCUT2D eigenvalue weighted by molar-refractivity contribution is 9.10. The Morgan fingerprint density at radius 1 is 1.27 bits per heavy atom.